The number of nitrogens with one attached hydrogen (secondary N) is 1. The van der Waals surface area contributed by atoms with Crippen LogP contribution in [0.4, 0.5) is 0 Å². The SMILES string of the molecule is COC1CCN(S(=O)(=O)N(C)CCCNC(C)C)C1. The minimum absolute atomic E-state index is 0.0331. The number of hydrogen-bond acceptors (Lipinski definition) is 4. The molecule has 1 fully saturated rings. The Kier molecular flexibility index (Phi) is 6.68. The second-order valence-corrected chi connectivity index (χ2v) is 7.33. The molecule has 19 heavy (non-hydrogen) atoms. The molecule has 7 heteroatoms. The highest BCUT2D eigenvalue weighted by Gasteiger charge is 2.33. The van der Waals surface area contributed by atoms with E-state index in [2.05, 4.69) is 19.2 Å². The molecule has 1 N–H and O–H groups in total. The van der Waals surface area contributed by atoms with E-state index in [-0.39, 0.29) is 6.10 Å². The van der Waals surface area contributed by atoms with E-state index < -0.39 is 10.2 Å². The van der Waals surface area contributed by atoms with Crippen molar-refractivity contribution in [3.63, 3.8) is 0 Å². The molecule has 1 saturated heterocycles. The summed E-state index contributed by atoms with van der Waals surface area (Å²) in [5.74, 6) is 0. The first kappa shape index (κ1) is 16.8. The Morgan fingerprint density at radius 2 is 2.16 bits per heavy atom. The summed E-state index contributed by atoms with van der Waals surface area (Å²) in [5.41, 5.74) is 0. The van der Waals surface area contributed by atoms with Crippen LogP contribution in [0.2, 0.25) is 0 Å². The summed E-state index contributed by atoms with van der Waals surface area (Å²) in [5, 5.41) is 3.28. The molecule has 0 aromatic heterocycles. The van der Waals surface area contributed by atoms with Crippen molar-refractivity contribution < 1.29 is 13.2 Å². The normalized spacial score (nSPS) is 21.7. The first-order chi connectivity index (χ1) is 8.87. The Labute approximate surface area is 117 Å². The number of ether oxygens (including phenoxy) is 1. The van der Waals surface area contributed by atoms with Gasteiger partial charge in [-0.2, -0.15) is 17.0 Å². The predicted molar refractivity (Wildman–Crippen MR) is 76.3 cm³/mol. The number of hydrogen-bond donors (Lipinski definition) is 1. The molecule has 0 saturated carbocycles. The second kappa shape index (κ2) is 7.54. The van der Waals surface area contributed by atoms with Crippen molar-refractivity contribution in [2.45, 2.75) is 38.8 Å². The van der Waals surface area contributed by atoms with E-state index in [9.17, 15) is 8.42 Å². The molecule has 1 aliphatic rings. The van der Waals surface area contributed by atoms with Gasteiger partial charge in [-0.15, -0.1) is 0 Å². The van der Waals surface area contributed by atoms with Crippen molar-refractivity contribution in [3.8, 4) is 0 Å². The van der Waals surface area contributed by atoms with Gasteiger partial charge in [0.05, 0.1) is 6.10 Å². The van der Waals surface area contributed by atoms with E-state index in [0.717, 1.165) is 19.4 Å². The highest BCUT2D eigenvalue weighted by molar-refractivity contribution is 7.86. The largest absolute Gasteiger partial charge is 0.380 e. The first-order valence-corrected chi connectivity index (χ1v) is 8.25. The fourth-order valence-corrected chi connectivity index (χ4v) is 3.55. The summed E-state index contributed by atoms with van der Waals surface area (Å²) in [6.45, 7) is 6.54. The van der Waals surface area contributed by atoms with Gasteiger partial charge in [0.2, 0.25) is 0 Å². The van der Waals surface area contributed by atoms with Gasteiger partial charge in [-0.05, 0) is 19.4 Å². The third-order valence-electron chi connectivity index (χ3n) is 3.36. The maximum Gasteiger partial charge on any atom is 0.281 e. The van der Waals surface area contributed by atoms with Crippen LogP contribution in [0.1, 0.15) is 26.7 Å². The zero-order valence-corrected chi connectivity index (χ0v) is 13.2. The fourth-order valence-electron chi connectivity index (χ4n) is 2.10. The van der Waals surface area contributed by atoms with E-state index in [1.165, 1.54) is 8.61 Å². The van der Waals surface area contributed by atoms with E-state index in [0.29, 0.717) is 25.7 Å². The Hall–Kier alpha value is -0.210. The van der Waals surface area contributed by atoms with Gasteiger partial charge in [0.25, 0.3) is 10.2 Å². The van der Waals surface area contributed by atoms with Gasteiger partial charge in [-0.25, -0.2) is 0 Å². The van der Waals surface area contributed by atoms with Crippen molar-refractivity contribution in [2.24, 2.45) is 0 Å². The molecule has 0 radical (unpaired) electrons. The van der Waals surface area contributed by atoms with E-state index in [4.69, 9.17) is 4.74 Å². The topological polar surface area (TPSA) is 61.9 Å². The zero-order chi connectivity index (χ0) is 14.5. The van der Waals surface area contributed by atoms with Crippen LogP contribution in [0.25, 0.3) is 0 Å². The van der Waals surface area contributed by atoms with Crippen LogP contribution in [0.3, 0.4) is 0 Å². The third kappa shape index (κ3) is 5.00. The molecule has 1 heterocycles. The van der Waals surface area contributed by atoms with E-state index >= 15 is 0 Å². The summed E-state index contributed by atoms with van der Waals surface area (Å²) >= 11 is 0. The lowest BCUT2D eigenvalue weighted by atomic mass is 10.3. The molecule has 1 unspecified atom stereocenters. The van der Waals surface area contributed by atoms with Crippen LogP contribution in [-0.4, -0.2) is 69.5 Å². The standard InChI is InChI=1S/C12H27N3O3S/c1-11(2)13-7-5-8-14(3)19(16,17)15-9-6-12(10-15)18-4/h11-13H,5-10H2,1-4H3. The van der Waals surface area contributed by atoms with Gasteiger partial charge < -0.3 is 10.1 Å². The molecule has 114 valence electrons. The number of nitrogens with zero attached hydrogens (tertiary/aromatic N) is 2. The van der Waals surface area contributed by atoms with Crippen LogP contribution < -0.4 is 5.32 Å². The molecule has 1 rings (SSSR count). The molecule has 6 nitrogen and oxygen atoms in total. The summed E-state index contributed by atoms with van der Waals surface area (Å²) < 4.78 is 32.8. The lowest BCUT2D eigenvalue weighted by Gasteiger charge is -2.24. The predicted octanol–water partition coefficient (Wildman–Crippen LogP) is 0.272. The van der Waals surface area contributed by atoms with Gasteiger partial charge in [-0.3, -0.25) is 0 Å². The number of methoxy groups -OCH3 is 1. The molecular formula is C12H27N3O3S. The average molecular weight is 293 g/mol. The van der Waals surface area contributed by atoms with Crippen LogP contribution >= 0.6 is 0 Å². The lowest BCUT2D eigenvalue weighted by molar-refractivity contribution is 0.114. The van der Waals surface area contributed by atoms with Gasteiger partial charge in [0.1, 0.15) is 0 Å². The minimum atomic E-state index is -3.32. The monoisotopic (exact) mass is 293 g/mol. The Morgan fingerprint density at radius 3 is 2.68 bits per heavy atom. The molecule has 1 aliphatic heterocycles. The zero-order valence-electron chi connectivity index (χ0n) is 12.4. The highest BCUT2D eigenvalue weighted by Crippen LogP contribution is 2.17. The fraction of sp³-hybridized carbons (Fsp3) is 1.00. The van der Waals surface area contributed by atoms with Crippen LogP contribution in [0.5, 0.6) is 0 Å². The quantitative estimate of drug-likeness (QED) is 0.653. The van der Waals surface area contributed by atoms with Crippen molar-refractivity contribution in [3.05, 3.63) is 0 Å². The average Bonchev–Trinajstić information content (AvgIpc) is 2.83. The van der Waals surface area contributed by atoms with Crippen molar-refractivity contribution in [1.29, 1.82) is 0 Å². The first-order valence-electron chi connectivity index (χ1n) is 6.85. The van der Waals surface area contributed by atoms with Gasteiger partial charge in [0, 0.05) is 39.8 Å². The molecule has 1 atom stereocenters. The van der Waals surface area contributed by atoms with E-state index in [1.807, 2.05) is 0 Å². The molecular weight excluding hydrogens is 266 g/mol. The van der Waals surface area contributed by atoms with Crippen molar-refractivity contribution in [2.75, 3.05) is 40.3 Å². The molecule has 0 amide bonds. The Bertz CT molecular complexity index is 359. The van der Waals surface area contributed by atoms with Crippen LogP contribution in [-0.2, 0) is 14.9 Å². The summed E-state index contributed by atoms with van der Waals surface area (Å²) in [7, 11) is -0.0528. The maximum absolute atomic E-state index is 12.3. The molecule has 0 aliphatic carbocycles. The third-order valence-corrected chi connectivity index (χ3v) is 5.32. The van der Waals surface area contributed by atoms with Crippen LogP contribution in [0.15, 0.2) is 0 Å². The van der Waals surface area contributed by atoms with Gasteiger partial charge in [-0.1, -0.05) is 13.8 Å². The molecule has 0 aromatic rings. The smallest absolute Gasteiger partial charge is 0.281 e. The highest BCUT2D eigenvalue weighted by atomic mass is 32.2. The van der Waals surface area contributed by atoms with Crippen LogP contribution in [0, 0.1) is 0 Å². The Morgan fingerprint density at radius 1 is 1.47 bits per heavy atom. The number of rotatable bonds is 8. The molecule has 0 bridgehead atoms. The minimum Gasteiger partial charge on any atom is -0.380 e. The maximum atomic E-state index is 12.3. The Balaban J connectivity index is 2.39. The summed E-state index contributed by atoms with van der Waals surface area (Å²) in [4.78, 5) is 0. The molecule has 0 aromatic carbocycles. The van der Waals surface area contributed by atoms with Crippen molar-refractivity contribution in [1.82, 2.24) is 13.9 Å². The van der Waals surface area contributed by atoms with E-state index in [1.54, 1.807) is 14.2 Å². The second-order valence-electron chi connectivity index (χ2n) is 5.30. The van der Waals surface area contributed by atoms with Crippen molar-refractivity contribution >= 4 is 10.2 Å². The summed E-state index contributed by atoms with van der Waals surface area (Å²) in [6, 6.07) is 0.433. The molecule has 0 spiro atoms. The van der Waals surface area contributed by atoms with Gasteiger partial charge >= 0.3 is 0 Å². The van der Waals surface area contributed by atoms with Gasteiger partial charge in [0.15, 0.2) is 0 Å². The lowest BCUT2D eigenvalue weighted by Crippen LogP contribution is -2.42. The summed E-state index contributed by atoms with van der Waals surface area (Å²) in [6.07, 6.45) is 1.62.